The third kappa shape index (κ3) is 9.94. The lowest BCUT2D eigenvalue weighted by atomic mass is 10.0. The number of anilines is 1. The predicted molar refractivity (Wildman–Crippen MR) is 205 cm³/mol. The van der Waals surface area contributed by atoms with Gasteiger partial charge in [-0.3, -0.25) is 4.79 Å². The van der Waals surface area contributed by atoms with Crippen molar-refractivity contribution >= 4 is 35.3 Å². The van der Waals surface area contributed by atoms with Crippen LogP contribution in [0.5, 0.6) is 28.7 Å². The van der Waals surface area contributed by atoms with Gasteiger partial charge in [0, 0.05) is 21.8 Å². The fourth-order valence-corrected chi connectivity index (χ4v) is 6.36. The van der Waals surface area contributed by atoms with Gasteiger partial charge in [-0.1, -0.05) is 49.1 Å². The molecule has 5 N–H and O–H groups in total. The van der Waals surface area contributed by atoms with Gasteiger partial charge in [0.2, 0.25) is 5.75 Å². The number of benzene rings is 4. The lowest BCUT2D eigenvalue weighted by Crippen LogP contribution is -2.38. The molecule has 1 aliphatic heterocycles. The second-order valence-corrected chi connectivity index (χ2v) is 12.9. The second kappa shape index (κ2) is 19.2. The van der Waals surface area contributed by atoms with E-state index in [-0.39, 0.29) is 25.7 Å². The molecule has 11 nitrogen and oxygen atoms in total. The number of halogens is 1. The van der Waals surface area contributed by atoms with E-state index in [1.165, 1.54) is 7.11 Å². The van der Waals surface area contributed by atoms with E-state index < -0.39 is 6.17 Å². The second-order valence-electron chi connectivity index (χ2n) is 12.5. The quantitative estimate of drug-likeness (QED) is 0.0490. The molecule has 53 heavy (non-hydrogen) atoms. The SMILES string of the molecule is COc1cc(C=Cc2cc(OC)c(OCCCCCCCOc3ccc(C4NC(=O)c5cc(Cl)ccc5N4)cc3CO)c(OC)c2)cc(CO)c1CO. The van der Waals surface area contributed by atoms with Gasteiger partial charge < -0.3 is 49.6 Å². The maximum absolute atomic E-state index is 12.6. The first kappa shape index (κ1) is 39.3. The molecule has 0 saturated carbocycles. The molecule has 0 aliphatic carbocycles. The molecule has 4 aromatic carbocycles. The van der Waals surface area contributed by atoms with Crippen molar-refractivity contribution < 1.29 is 43.8 Å². The number of aliphatic hydroxyl groups excluding tert-OH is 3. The van der Waals surface area contributed by atoms with Gasteiger partial charge in [-0.25, -0.2) is 0 Å². The number of fused-ring (bicyclic) bond motifs is 1. The summed E-state index contributed by atoms with van der Waals surface area (Å²) < 4.78 is 28.8. The Morgan fingerprint density at radius 3 is 1.92 bits per heavy atom. The van der Waals surface area contributed by atoms with E-state index in [2.05, 4.69) is 10.6 Å². The third-order valence-electron chi connectivity index (χ3n) is 9.01. The highest BCUT2D eigenvalue weighted by molar-refractivity contribution is 6.31. The third-order valence-corrected chi connectivity index (χ3v) is 9.24. The zero-order chi connectivity index (χ0) is 37.7. The molecule has 1 heterocycles. The van der Waals surface area contributed by atoms with Crippen LogP contribution in [0.15, 0.2) is 60.7 Å². The Hall–Kier alpha value is -4.94. The highest BCUT2D eigenvalue weighted by Crippen LogP contribution is 2.39. The maximum atomic E-state index is 12.6. The molecule has 1 atom stereocenters. The zero-order valence-electron chi connectivity index (χ0n) is 30.2. The normalized spacial score (nSPS) is 13.6. The van der Waals surface area contributed by atoms with Crippen LogP contribution in [0.4, 0.5) is 5.69 Å². The van der Waals surface area contributed by atoms with Crippen LogP contribution >= 0.6 is 11.6 Å². The number of ether oxygens (including phenoxy) is 5. The Bertz CT molecular complexity index is 1850. The standard InChI is InChI=1S/C41H47ClN2O9/c1-49-36-18-26(17-29(23-45)33(36)25-47)9-10-27-19-37(50-2)39(38(20-27)51-3)53-16-8-6-4-5-7-15-52-35-14-11-28(21-30(35)24-46)40-43-34-13-12-31(42)22-32(34)41(48)44-40/h9-14,17-22,40,43,45-47H,4-8,15-16,23-25H2,1-3H3,(H,44,48). The first-order valence-corrected chi connectivity index (χ1v) is 17.9. The summed E-state index contributed by atoms with van der Waals surface area (Å²) >= 11 is 6.05. The van der Waals surface area contributed by atoms with Crippen LogP contribution in [0.1, 0.15) is 82.0 Å². The van der Waals surface area contributed by atoms with E-state index in [0.717, 1.165) is 48.8 Å². The fourth-order valence-electron chi connectivity index (χ4n) is 6.19. The van der Waals surface area contributed by atoms with Crippen molar-refractivity contribution in [1.82, 2.24) is 5.32 Å². The number of hydrogen-bond donors (Lipinski definition) is 5. The van der Waals surface area contributed by atoms with E-state index in [1.807, 2.05) is 54.6 Å². The van der Waals surface area contributed by atoms with Crippen molar-refractivity contribution in [1.29, 1.82) is 0 Å². The van der Waals surface area contributed by atoms with Crippen LogP contribution in [0.2, 0.25) is 5.02 Å². The van der Waals surface area contributed by atoms with E-state index in [0.29, 0.717) is 74.9 Å². The van der Waals surface area contributed by atoms with Crippen molar-refractivity contribution in [3.05, 3.63) is 105 Å². The molecule has 282 valence electrons. The molecule has 1 unspecified atom stereocenters. The van der Waals surface area contributed by atoms with Gasteiger partial charge in [0.1, 0.15) is 17.7 Å². The molecule has 4 aromatic rings. The fraction of sp³-hybridized carbons (Fsp3) is 0.341. The average Bonchev–Trinajstić information content (AvgIpc) is 3.18. The van der Waals surface area contributed by atoms with Crippen molar-refractivity contribution in [2.45, 2.75) is 58.1 Å². The molecule has 5 rings (SSSR count). The molecule has 0 fully saturated rings. The minimum absolute atomic E-state index is 0.187. The molecule has 1 amide bonds. The summed E-state index contributed by atoms with van der Waals surface area (Å²) in [6.45, 7) is 0.396. The van der Waals surface area contributed by atoms with Crippen LogP contribution in [-0.2, 0) is 19.8 Å². The Morgan fingerprint density at radius 2 is 1.28 bits per heavy atom. The lowest BCUT2D eigenvalue weighted by molar-refractivity contribution is 0.0935. The summed E-state index contributed by atoms with van der Waals surface area (Å²) in [4.78, 5) is 12.6. The number of carbonyl (C=O) groups excluding carboxylic acids is 1. The minimum Gasteiger partial charge on any atom is -0.496 e. The van der Waals surface area contributed by atoms with Crippen LogP contribution in [0.3, 0.4) is 0 Å². The van der Waals surface area contributed by atoms with Crippen molar-refractivity contribution in [3.63, 3.8) is 0 Å². The van der Waals surface area contributed by atoms with Gasteiger partial charge in [0.15, 0.2) is 11.5 Å². The summed E-state index contributed by atoms with van der Waals surface area (Å²) in [5, 5.41) is 36.2. The van der Waals surface area contributed by atoms with E-state index >= 15 is 0 Å². The first-order chi connectivity index (χ1) is 25.8. The molecule has 12 heteroatoms. The zero-order valence-corrected chi connectivity index (χ0v) is 31.0. The minimum atomic E-state index is -0.446. The molecule has 1 aliphatic rings. The first-order valence-electron chi connectivity index (χ1n) is 17.5. The van der Waals surface area contributed by atoms with Crippen LogP contribution in [-0.4, -0.2) is 55.8 Å². The smallest absolute Gasteiger partial charge is 0.255 e. The Morgan fingerprint density at radius 1 is 0.660 bits per heavy atom. The largest absolute Gasteiger partial charge is 0.496 e. The molecule has 0 aromatic heterocycles. The van der Waals surface area contributed by atoms with E-state index in [9.17, 15) is 20.1 Å². The Balaban J connectivity index is 1.06. The molecular weight excluding hydrogens is 700 g/mol. The topological polar surface area (TPSA) is 148 Å². The van der Waals surface area contributed by atoms with E-state index in [1.54, 1.807) is 32.4 Å². The van der Waals surface area contributed by atoms with E-state index in [4.69, 9.17) is 35.3 Å². The number of carbonyl (C=O) groups is 1. The maximum Gasteiger partial charge on any atom is 0.255 e. The number of aliphatic hydroxyl groups is 3. The van der Waals surface area contributed by atoms with Gasteiger partial charge in [0.05, 0.1) is 59.9 Å². The number of amides is 1. The van der Waals surface area contributed by atoms with Gasteiger partial charge in [-0.2, -0.15) is 0 Å². The molecule has 0 spiro atoms. The number of nitrogens with one attached hydrogen (secondary N) is 2. The van der Waals surface area contributed by atoms with Gasteiger partial charge in [0.25, 0.3) is 5.91 Å². The van der Waals surface area contributed by atoms with Gasteiger partial charge >= 0.3 is 0 Å². The molecule has 0 radical (unpaired) electrons. The number of unbranched alkanes of at least 4 members (excludes halogenated alkanes) is 4. The van der Waals surface area contributed by atoms with Crippen LogP contribution in [0, 0.1) is 0 Å². The summed E-state index contributed by atoms with van der Waals surface area (Å²) in [6.07, 6.45) is 8.03. The summed E-state index contributed by atoms with van der Waals surface area (Å²) in [5.41, 5.74) is 5.45. The monoisotopic (exact) mass is 746 g/mol. The van der Waals surface area contributed by atoms with Crippen molar-refractivity contribution in [3.8, 4) is 28.7 Å². The van der Waals surface area contributed by atoms with Crippen LogP contribution in [0.25, 0.3) is 12.2 Å². The molecule has 0 saturated heterocycles. The lowest BCUT2D eigenvalue weighted by Gasteiger charge is -2.28. The average molecular weight is 747 g/mol. The number of hydrogen-bond acceptors (Lipinski definition) is 10. The van der Waals surface area contributed by atoms with Crippen molar-refractivity contribution in [2.75, 3.05) is 39.9 Å². The highest BCUT2D eigenvalue weighted by atomic mass is 35.5. The highest BCUT2D eigenvalue weighted by Gasteiger charge is 2.25. The molecule has 0 bridgehead atoms. The summed E-state index contributed by atoms with van der Waals surface area (Å²) in [7, 11) is 4.71. The summed E-state index contributed by atoms with van der Waals surface area (Å²) in [6, 6.07) is 18.1. The van der Waals surface area contributed by atoms with Crippen LogP contribution < -0.4 is 34.3 Å². The number of rotatable bonds is 19. The van der Waals surface area contributed by atoms with Crippen molar-refractivity contribution in [2.24, 2.45) is 0 Å². The predicted octanol–water partition coefficient (Wildman–Crippen LogP) is 7.28. The number of methoxy groups -OCH3 is 3. The Kier molecular flexibility index (Phi) is 14.2. The molecular formula is C41H47ClN2O9. The Labute approximate surface area is 315 Å². The van der Waals surface area contributed by atoms with Gasteiger partial charge in [-0.05, 0) is 89.7 Å². The summed E-state index contributed by atoms with van der Waals surface area (Å²) in [5.74, 6) is 2.56. The van der Waals surface area contributed by atoms with Gasteiger partial charge in [-0.15, -0.1) is 0 Å².